The van der Waals surface area contributed by atoms with Gasteiger partial charge in [-0.25, -0.2) is 8.42 Å². The molecule has 1 aromatic carbocycles. The number of hydrogen-bond acceptors (Lipinski definition) is 4. The molecule has 0 aromatic heterocycles. The molecule has 1 heterocycles. The number of fused-ring (bicyclic) bond motifs is 2. The molecule has 1 aliphatic carbocycles. The number of benzene rings is 1. The Bertz CT molecular complexity index is 693. The molecular weight excluding hydrogens is 290 g/mol. The molecule has 3 rings (SSSR count). The quantitative estimate of drug-likeness (QED) is 0.627. The van der Waals surface area contributed by atoms with E-state index in [-0.39, 0.29) is 16.9 Å². The molecule has 0 saturated carbocycles. The standard InChI is InChI=1S/C15H17NO4S/c1-10-3-7-13(8-4-10)21(18,19)16-12-6-5-11(9-12)14(16)15(17)20-2/h3-8,11-12,14H,9H2,1-2H3/t11-,12+,14-/m0/s1. The fourth-order valence-electron chi connectivity index (χ4n) is 3.08. The first-order valence-electron chi connectivity index (χ1n) is 6.81. The first kappa shape index (κ1) is 14.3. The number of carbonyl (C=O) groups is 1. The van der Waals surface area contributed by atoms with Gasteiger partial charge in [-0.1, -0.05) is 29.8 Å². The first-order valence-corrected chi connectivity index (χ1v) is 8.25. The fourth-order valence-corrected chi connectivity index (χ4v) is 4.86. The van der Waals surface area contributed by atoms with Gasteiger partial charge in [0.2, 0.25) is 10.0 Å². The van der Waals surface area contributed by atoms with Gasteiger partial charge >= 0.3 is 5.97 Å². The van der Waals surface area contributed by atoms with Crippen LogP contribution >= 0.6 is 0 Å². The van der Waals surface area contributed by atoms with E-state index in [2.05, 4.69) is 0 Å². The van der Waals surface area contributed by atoms with Crippen LogP contribution in [0.3, 0.4) is 0 Å². The minimum Gasteiger partial charge on any atom is -0.468 e. The van der Waals surface area contributed by atoms with Gasteiger partial charge in [-0.05, 0) is 25.5 Å². The third kappa shape index (κ3) is 2.18. The minimum atomic E-state index is -3.71. The highest BCUT2D eigenvalue weighted by molar-refractivity contribution is 7.89. The van der Waals surface area contributed by atoms with Gasteiger partial charge in [0.15, 0.2) is 0 Å². The molecule has 112 valence electrons. The van der Waals surface area contributed by atoms with Crippen LogP contribution < -0.4 is 0 Å². The van der Waals surface area contributed by atoms with Gasteiger partial charge in [0.1, 0.15) is 6.04 Å². The molecule has 6 heteroatoms. The maximum absolute atomic E-state index is 12.9. The predicted molar refractivity (Wildman–Crippen MR) is 77.0 cm³/mol. The van der Waals surface area contributed by atoms with Gasteiger partial charge in [0, 0.05) is 12.0 Å². The van der Waals surface area contributed by atoms with Crippen LogP contribution in [-0.2, 0) is 19.6 Å². The summed E-state index contributed by atoms with van der Waals surface area (Å²) in [5, 5.41) is 0. The second-order valence-corrected chi connectivity index (χ2v) is 7.31. The summed E-state index contributed by atoms with van der Waals surface area (Å²) in [6.45, 7) is 1.90. The van der Waals surface area contributed by atoms with Crippen molar-refractivity contribution in [2.75, 3.05) is 7.11 Å². The van der Waals surface area contributed by atoms with Crippen molar-refractivity contribution in [2.24, 2.45) is 5.92 Å². The maximum Gasteiger partial charge on any atom is 0.324 e. The van der Waals surface area contributed by atoms with Gasteiger partial charge in [0.05, 0.1) is 12.0 Å². The summed E-state index contributed by atoms with van der Waals surface area (Å²) in [5.41, 5.74) is 0.987. The Kier molecular flexibility index (Phi) is 3.37. The number of esters is 1. The van der Waals surface area contributed by atoms with Crippen molar-refractivity contribution in [3.05, 3.63) is 42.0 Å². The van der Waals surface area contributed by atoms with E-state index in [9.17, 15) is 13.2 Å². The lowest BCUT2D eigenvalue weighted by Crippen LogP contribution is -2.47. The summed E-state index contributed by atoms with van der Waals surface area (Å²) in [7, 11) is -2.42. The summed E-state index contributed by atoms with van der Waals surface area (Å²) in [4.78, 5) is 12.2. The highest BCUT2D eigenvalue weighted by atomic mass is 32.2. The van der Waals surface area contributed by atoms with E-state index in [0.29, 0.717) is 6.42 Å². The molecule has 0 N–H and O–H groups in total. The van der Waals surface area contributed by atoms with Crippen LogP contribution in [0, 0.1) is 12.8 Å². The van der Waals surface area contributed by atoms with Crippen molar-refractivity contribution in [1.29, 1.82) is 0 Å². The van der Waals surface area contributed by atoms with Crippen LogP contribution in [0.4, 0.5) is 0 Å². The van der Waals surface area contributed by atoms with Crippen LogP contribution in [0.5, 0.6) is 0 Å². The smallest absolute Gasteiger partial charge is 0.324 e. The molecule has 5 nitrogen and oxygen atoms in total. The third-order valence-corrected chi connectivity index (χ3v) is 6.06. The number of rotatable bonds is 3. The van der Waals surface area contributed by atoms with Crippen LogP contribution in [-0.4, -0.2) is 37.9 Å². The van der Waals surface area contributed by atoms with Crippen LogP contribution in [0.25, 0.3) is 0 Å². The molecule has 2 aliphatic rings. The third-order valence-electron chi connectivity index (χ3n) is 4.14. The summed E-state index contributed by atoms with van der Waals surface area (Å²) in [5.74, 6) is -0.592. The van der Waals surface area contributed by atoms with Gasteiger partial charge in [-0.3, -0.25) is 4.79 Å². The minimum absolute atomic E-state index is 0.0947. The molecule has 0 radical (unpaired) electrons. The number of nitrogens with zero attached hydrogens (tertiary/aromatic N) is 1. The van der Waals surface area contributed by atoms with Crippen LogP contribution in [0.1, 0.15) is 12.0 Å². The Balaban J connectivity index is 2.03. The van der Waals surface area contributed by atoms with Crippen LogP contribution in [0.2, 0.25) is 0 Å². The fraction of sp³-hybridized carbons (Fsp3) is 0.400. The van der Waals surface area contributed by atoms with Crippen molar-refractivity contribution in [1.82, 2.24) is 4.31 Å². The molecule has 1 fully saturated rings. The van der Waals surface area contributed by atoms with Crippen LogP contribution in [0.15, 0.2) is 41.3 Å². The number of aryl methyl sites for hydroxylation is 1. The Morgan fingerprint density at radius 3 is 2.52 bits per heavy atom. The van der Waals surface area contributed by atoms with E-state index >= 15 is 0 Å². The van der Waals surface area contributed by atoms with Crippen molar-refractivity contribution >= 4 is 16.0 Å². The second kappa shape index (κ2) is 4.96. The van der Waals surface area contributed by atoms with E-state index in [4.69, 9.17) is 4.74 Å². The van der Waals surface area contributed by atoms with Crippen molar-refractivity contribution in [3.8, 4) is 0 Å². The number of carbonyl (C=O) groups excluding carboxylic acids is 1. The Morgan fingerprint density at radius 1 is 1.24 bits per heavy atom. The lowest BCUT2D eigenvalue weighted by molar-refractivity contribution is -0.145. The molecular formula is C15H17NO4S. The number of methoxy groups -OCH3 is 1. The highest BCUT2D eigenvalue weighted by Gasteiger charge is 2.52. The van der Waals surface area contributed by atoms with E-state index in [1.807, 2.05) is 19.1 Å². The van der Waals surface area contributed by atoms with E-state index in [0.717, 1.165) is 5.56 Å². The van der Waals surface area contributed by atoms with E-state index in [1.54, 1.807) is 24.3 Å². The Labute approximate surface area is 124 Å². The van der Waals surface area contributed by atoms with Crippen molar-refractivity contribution in [3.63, 3.8) is 0 Å². The Morgan fingerprint density at radius 2 is 1.90 bits per heavy atom. The lowest BCUT2D eigenvalue weighted by Gasteiger charge is -2.29. The van der Waals surface area contributed by atoms with Crippen molar-refractivity contribution < 1.29 is 17.9 Å². The molecule has 0 amide bonds. The number of sulfonamides is 1. The molecule has 1 aliphatic heterocycles. The number of hydrogen-bond donors (Lipinski definition) is 0. The zero-order valence-electron chi connectivity index (χ0n) is 11.9. The summed E-state index contributed by atoms with van der Waals surface area (Å²) in [6.07, 6.45) is 4.41. The topological polar surface area (TPSA) is 63.7 Å². The van der Waals surface area contributed by atoms with Gasteiger partial charge < -0.3 is 4.74 Å². The lowest BCUT2D eigenvalue weighted by atomic mass is 10.0. The zero-order chi connectivity index (χ0) is 15.2. The first-order chi connectivity index (χ1) is 9.95. The van der Waals surface area contributed by atoms with Gasteiger partial charge in [-0.2, -0.15) is 4.31 Å². The molecule has 0 unspecified atom stereocenters. The summed E-state index contributed by atoms with van der Waals surface area (Å²) >= 11 is 0. The highest BCUT2D eigenvalue weighted by Crippen LogP contribution is 2.41. The zero-order valence-corrected chi connectivity index (χ0v) is 12.7. The van der Waals surface area contributed by atoms with E-state index in [1.165, 1.54) is 11.4 Å². The molecule has 21 heavy (non-hydrogen) atoms. The molecule has 0 spiro atoms. The SMILES string of the molecule is COC(=O)[C@@H]1[C@H]2C=C[C@H](C2)N1S(=O)(=O)c1ccc(C)cc1. The van der Waals surface area contributed by atoms with Gasteiger partial charge in [-0.15, -0.1) is 0 Å². The van der Waals surface area contributed by atoms with Gasteiger partial charge in [0.25, 0.3) is 0 Å². The maximum atomic E-state index is 12.9. The average molecular weight is 307 g/mol. The molecule has 1 saturated heterocycles. The number of ether oxygens (including phenoxy) is 1. The molecule has 2 bridgehead atoms. The molecule has 1 aromatic rings. The largest absolute Gasteiger partial charge is 0.468 e. The van der Waals surface area contributed by atoms with Crippen molar-refractivity contribution in [2.45, 2.75) is 30.3 Å². The van der Waals surface area contributed by atoms with E-state index < -0.39 is 22.0 Å². The monoisotopic (exact) mass is 307 g/mol. The average Bonchev–Trinajstić information content (AvgIpc) is 3.07. The molecule has 3 atom stereocenters. The predicted octanol–water partition coefficient (Wildman–Crippen LogP) is 1.49. The Hall–Kier alpha value is -1.66. The normalized spacial score (nSPS) is 28.0. The summed E-state index contributed by atoms with van der Waals surface area (Å²) in [6, 6.07) is 5.65. The second-order valence-electron chi connectivity index (χ2n) is 5.47. The summed E-state index contributed by atoms with van der Waals surface area (Å²) < 4.78 is 31.8.